The first kappa shape index (κ1) is 94.2. The Morgan fingerprint density at radius 2 is 1.53 bits per heavy atom. The van der Waals surface area contributed by atoms with Gasteiger partial charge in [0.2, 0.25) is 17.6 Å². The number of rotatable bonds is 30. The smallest absolute Gasteiger partial charge is 0.329 e. The van der Waals surface area contributed by atoms with Crippen LogP contribution in [0.5, 0.6) is 0 Å². The van der Waals surface area contributed by atoms with E-state index in [1.165, 1.54) is 11.2 Å². The van der Waals surface area contributed by atoms with E-state index in [9.17, 15) is 39.0 Å². The number of hydrogen-bond donors (Lipinski definition) is 5. The molecular weight excluding hydrogens is 1600 g/mol. The highest BCUT2D eigenvalue weighted by atomic mass is 16.6. The Bertz CT molecular complexity index is 4870. The molecule has 1 saturated carbocycles. The lowest BCUT2D eigenvalue weighted by atomic mass is 9.81. The number of piperidine rings is 1. The van der Waals surface area contributed by atoms with E-state index in [-0.39, 0.29) is 92.3 Å². The maximum atomic E-state index is 14.7. The number of ether oxygens (including phenoxy) is 8. The fraction of sp³-hybridized carbons (Fsp3) is 0.587. The van der Waals surface area contributed by atoms with E-state index in [0.717, 1.165) is 79.0 Å². The van der Waals surface area contributed by atoms with Gasteiger partial charge < -0.3 is 79.1 Å². The number of aliphatic hydroxyl groups is 2. The number of carbonyl (C=O) groups excluding carboxylic acids is 6. The number of benzene rings is 2. The number of ketones is 3. The Labute approximate surface area is 730 Å². The minimum Gasteiger partial charge on any atom is -0.460 e. The number of Topliss-reactive ketones (excluding diaryl/α,β-unsaturated/α-hetero) is 3. The van der Waals surface area contributed by atoms with E-state index in [4.69, 9.17) is 68.8 Å². The van der Waals surface area contributed by atoms with E-state index in [1.54, 1.807) is 51.8 Å². The number of aryl methyl sites for hydroxylation is 1. The number of amides is 2. The Balaban J connectivity index is 0.544. The van der Waals surface area contributed by atoms with Crippen LogP contribution in [0.25, 0.3) is 44.5 Å². The number of piperazine rings is 1. The van der Waals surface area contributed by atoms with Crippen molar-refractivity contribution in [3.63, 3.8) is 0 Å². The Morgan fingerprint density at radius 3 is 2.31 bits per heavy atom. The summed E-state index contributed by atoms with van der Waals surface area (Å²) in [5, 5.41) is 40.7. The highest BCUT2D eigenvalue weighted by Crippen LogP contribution is 2.39. The summed E-state index contributed by atoms with van der Waals surface area (Å²) in [7, 11) is 3.27. The highest BCUT2D eigenvalue weighted by molar-refractivity contribution is 6.39. The third-order valence-electron chi connectivity index (χ3n) is 24.8. The van der Waals surface area contributed by atoms with Crippen LogP contribution >= 0.6 is 0 Å². The van der Waals surface area contributed by atoms with Crippen LogP contribution in [0.4, 0.5) is 17.8 Å². The molecule has 4 aliphatic heterocycles. The molecule has 12 rings (SSSR count). The van der Waals surface area contributed by atoms with Crippen molar-refractivity contribution in [3.8, 4) is 22.4 Å². The number of carbonyl (C=O) groups is 6. The Kier molecular flexibility index (Phi) is 34.7. The number of nitrogens with two attached hydrogens (primary N) is 2. The molecule has 5 aromatic heterocycles. The van der Waals surface area contributed by atoms with Crippen LogP contribution in [0.1, 0.15) is 162 Å². The van der Waals surface area contributed by atoms with Crippen molar-refractivity contribution < 1.29 is 81.3 Å². The number of nitrogens with zero attached hydrogens (tertiary/aromatic N) is 13. The quantitative estimate of drug-likeness (QED) is 0.0121. The summed E-state index contributed by atoms with van der Waals surface area (Å²) in [6, 6.07) is 12.6. The predicted octanol–water partition coefficient (Wildman–Crippen LogP) is 10.1. The van der Waals surface area contributed by atoms with Gasteiger partial charge in [-0.2, -0.15) is 10.1 Å². The first-order chi connectivity index (χ1) is 60.4. The second kappa shape index (κ2) is 46.0. The molecule has 7 aromatic rings. The largest absolute Gasteiger partial charge is 0.460 e. The van der Waals surface area contributed by atoms with Crippen molar-refractivity contribution in [2.45, 2.75) is 225 Å². The Hall–Kier alpha value is -9.94. The van der Waals surface area contributed by atoms with Gasteiger partial charge in [0.25, 0.3) is 17.7 Å². The number of aromatic nitrogens is 10. The van der Waals surface area contributed by atoms with Crippen LogP contribution in [-0.2, 0) is 92.9 Å². The lowest BCUT2D eigenvalue weighted by Crippen LogP contribution is -2.60. The van der Waals surface area contributed by atoms with Gasteiger partial charge in [-0.1, -0.05) is 87.6 Å². The molecule has 5 aliphatic rings. The lowest BCUT2D eigenvalue weighted by Gasteiger charge is -2.42. The van der Waals surface area contributed by atoms with Gasteiger partial charge in [-0.15, -0.1) is 5.10 Å². The number of oxazole rings is 1. The average Bonchev–Trinajstić information content (AvgIpc) is 1.54. The first-order valence-corrected chi connectivity index (χ1v) is 44.4. The van der Waals surface area contributed by atoms with E-state index in [2.05, 4.69) is 46.4 Å². The molecule has 0 radical (unpaired) electrons. The highest BCUT2D eigenvalue weighted by Gasteiger charge is 2.53. The number of unbranched alkanes of at least 4 members (excludes halogenated alkanes) is 1. The molecule has 2 aromatic carbocycles. The SMILES string of the molecule is CO[C@H]1C[C@@H]2CC[C@@H](C)[C@@](O)(O2)C(=O)C(=O)N2CCCC[C@H]2C(=O)O[C@H](CC[C@@H]2CC[C@@H](OCc3cccc(-c4cnc(N5CCN(Cc6cn(CCOCCOCCOCCC(=O)NCCCCn7nc(-c8ccc9oc(N)nc9c8)c8c(N)ncnc87)nn6)CC5)nc4)c3)[C@H](OC)C2)CC(=O)[C@H](C)/C=C(\C)[C@@H](O)CC(=O)[C@H](C)C[C@H](C)/C=C/C=CC=C1C. The van der Waals surface area contributed by atoms with Crippen LogP contribution in [0.3, 0.4) is 0 Å². The minimum absolute atomic E-state index is 0.0598. The molecule has 7 N–H and O–H groups in total. The molecule has 0 spiro atoms. The van der Waals surface area contributed by atoms with Crippen molar-refractivity contribution in [3.05, 3.63) is 126 Å². The molecular formula is C92H126N16O17. The zero-order valence-electron chi connectivity index (χ0n) is 73.6. The topological polar surface area (TPSA) is 417 Å². The Morgan fingerprint density at radius 1 is 0.744 bits per heavy atom. The zero-order chi connectivity index (χ0) is 88.5. The summed E-state index contributed by atoms with van der Waals surface area (Å²) in [6.07, 6.45) is 22.5. The molecule has 33 nitrogen and oxygen atoms in total. The van der Waals surface area contributed by atoms with Crippen LogP contribution in [0, 0.1) is 29.6 Å². The summed E-state index contributed by atoms with van der Waals surface area (Å²) in [6.45, 7) is 19.0. The molecule has 2 amide bonds. The number of nitrogen functional groups attached to an aromatic ring is 2. The van der Waals surface area contributed by atoms with Gasteiger partial charge in [-0.3, -0.25) is 28.9 Å². The third-order valence-corrected chi connectivity index (χ3v) is 24.8. The number of fused-ring (bicyclic) bond motifs is 5. The number of hydrogen-bond acceptors (Lipinski definition) is 29. The molecule has 1 aliphatic carbocycles. The van der Waals surface area contributed by atoms with Gasteiger partial charge in [0.1, 0.15) is 47.1 Å². The second-order valence-electron chi connectivity index (χ2n) is 34.1. The maximum absolute atomic E-state index is 14.7. The summed E-state index contributed by atoms with van der Waals surface area (Å²) in [5.74, 6) is -6.38. The number of esters is 1. The van der Waals surface area contributed by atoms with Gasteiger partial charge in [0.05, 0.1) is 94.4 Å². The van der Waals surface area contributed by atoms with Gasteiger partial charge >= 0.3 is 5.97 Å². The molecule has 125 heavy (non-hydrogen) atoms. The standard InChI is InChI=1S/C92H126N16O17/c1-59-17-10-9-11-18-60(2)80(117-7)51-72-26-22-64(6)92(116,125-72)85(113)88(114)107-32-14-12-21-74(107)89(115)123-71(50-75(109)62(4)46-63(5)77(111)52-76(110)61(3)45-59)27-23-65-24-28-79(81(48-65)118-8)122-57-66-19-16-20-67(47-66)69-53-96-91(97-54-69)105-36-34-104(35-37-105)55-70-56-106(103-101-70)38-40-120-42-44-121-43-41-119-39-30-82(112)95-31-13-15-33-108-87-83(86(93)98-58-99-87)84(102-108)68-25-29-78-73(49-68)100-90(94)124-78/h9-11,16-20,25,29,46-47,49,53-54,56,58-59,61-62,64-65,71-72,74,77,79-81,111,116H,12-15,21-24,26-28,30-45,48,50-52,55,57H2,1-8H3,(H2,94,100)(H,95,112)(H2,93,98,99)/b11-9?,17-10+,60-18?,63-46+/t59-,61-,62-,64-,65-,71-,72+,74+,77+,79-,80+,81-,92-/m1/s1. The van der Waals surface area contributed by atoms with Crippen LogP contribution in [0.2, 0.25) is 0 Å². The number of aliphatic hydroxyl groups excluding tert-OH is 1. The zero-order valence-corrected chi connectivity index (χ0v) is 73.6. The van der Waals surface area contributed by atoms with Crippen molar-refractivity contribution in [1.82, 2.24) is 64.8 Å². The van der Waals surface area contributed by atoms with E-state index in [0.29, 0.717) is 175 Å². The summed E-state index contributed by atoms with van der Waals surface area (Å²) in [4.78, 5) is 112. The van der Waals surface area contributed by atoms with E-state index < -0.39 is 65.7 Å². The molecule has 2 bridgehead atoms. The van der Waals surface area contributed by atoms with Gasteiger partial charge in [0.15, 0.2) is 11.2 Å². The lowest BCUT2D eigenvalue weighted by molar-refractivity contribution is -0.265. The number of nitrogens with one attached hydrogen (secondary N) is 1. The average molecular weight is 1730 g/mol. The normalized spacial score (nSPS) is 26.1. The molecule has 0 unspecified atom stereocenters. The monoisotopic (exact) mass is 1730 g/mol. The van der Waals surface area contributed by atoms with Crippen molar-refractivity contribution in [1.29, 1.82) is 0 Å². The fourth-order valence-corrected chi connectivity index (χ4v) is 17.2. The molecule has 3 saturated heterocycles. The van der Waals surface area contributed by atoms with Crippen molar-refractivity contribution in [2.75, 3.05) is 109 Å². The van der Waals surface area contributed by atoms with E-state index >= 15 is 0 Å². The van der Waals surface area contributed by atoms with Crippen molar-refractivity contribution in [2.24, 2.45) is 29.6 Å². The summed E-state index contributed by atoms with van der Waals surface area (Å²) in [5.41, 5.74) is 20.3. The second-order valence-corrected chi connectivity index (χ2v) is 34.1. The van der Waals surface area contributed by atoms with Crippen LogP contribution in [-0.4, -0.2) is 246 Å². The summed E-state index contributed by atoms with van der Waals surface area (Å²) >= 11 is 0. The molecule has 9 heterocycles. The molecule has 13 atom stereocenters. The molecule has 33 heteroatoms. The maximum Gasteiger partial charge on any atom is 0.329 e. The number of allylic oxidation sites excluding steroid dienone is 6. The van der Waals surface area contributed by atoms with Crippen LogP contribution < -0.4 is 21.7 Å². The van der Waals surface area contributed by atoms with E-state index in [1.807, 2.05) is 105 Å². The first-order valence-electron chi connectivity index (χ1n) is 44.4. The molecule has 4 fully saturated rings. The molecule has 676 valence electrons. The summed E-state index contributed by atoms with van der Waals surface area (Å²) < 4.78 is 57.4. The van der Waals surface area contributed by atoms with Gasteiger partial charge in [-0.25, -0.2) is 34.1 Å². The predicted molar refractivity (Wildman–Crippen MR) is 468 cm³/mol. The van der Waals surface area contributed by atoms with Gasteiger partial charge in [0, 0.05) is 140 Å². The number of anilines is 3. The van der Waals surface area contributed by atoms with Crippen molar-refractivity contribution >= 4 is 75.0 Å². The van der Waals surface area contributed by atoms with Gasteiger partial charge in [-0.05, 0) is 156 Å². The minimum atomic E-state index is -2.45. The number of cyclic esters (lactones) is 1. The van der Waals surface area contributed by atoms with Crippen LogP contribution in [0.15, 0.2) is 119 Å². The third kappa shape index (κ3) is 26.1. The number of methoxy groups -OCH3 is 2. The fourth-order valence-electron chi connectivity index (χ4n) is 17.2.